The fraction of sp³-hybridized carbons (Fsp3) is 0.238. The second-order valence-electron chi connectivity index (χ2n) is 6.46. The van der Waals surface area contributed by atoms with Gasteiger partial charge in [-0.3, -0.25) is 0 Å². The number of hydrogen-bond donors (Lipinski definition) is 0. The minimum Gasteiger partial charge on any atom is -0.497 e. The summed E-state index contributed by atoms with van der Waals surface area (Å²) in [5, 5.41) is 0. The molecule has 3 aromatic heterocycles. The van der Waals surface area contributed by atoms with E-state index >= 15 is 0 Å². The van der Waals surface area contributed by atoms with Gasteiger partial charge in [0.25, 0.3) is 0 Å². The monoisotopic (exact) mass is 380 g/mol. The summed E-state index contributed by atoms with van der Waals surface area (Å²) in [6.45, 7) is 4.08. The van der Waals surface area contributed by atoms with Crippen molar-refractivity contribution in [1.29, 1.82) is 0 Å². The fourth-order valence-corrected chi connectivity index (χ4v) is 3.19. The summed E-state index contributed by atoms with van der Waals surface area (Å²) in [7, 11) is 2.98. The minimum absolute atomic E-state index is 0.360. The van der Waals surface area contributed by atoms with Crippen LogP contribution in [-0.2, 0) is 11.3 Å². The molecule has 0 saturated heterocycles. The molecule has 0 atom stereocenters. The van der Waals surface area contributed by atoms with Crippen molar-refractivity contribution in [1.82, 2.24) is 9.55 Å². The van der Waals surface area contributed by atoms with Gasteiger partial charge in [0.15, 0.2) is 5.58 Å². The van der Waals surface area contributed by atoms with Crippen LogP contribution in [-0.4, -0.2) is 29.7 Å². The molecule has 0 aliphatic heterocycles. The van der Waals surface area contributed by atoms with Crippen molar-refractivity contribution in [2.45, 2.75) is 20.4 Å². The minimum atomic E-state index is -0.430. The van der Waals surface area contributed by atoms with E-state index in [4.69, 9.17) is 18.3 Å². The van der Waals surface area contributed by atoms with E-state index in [1.165, 1.54) is 7.11 Å². The maximum atomic E-state index is 12.2. The van der Waals surface area contributed by atoms with Gasteiger partial charge in [-0.25, -0.2) is 9.78 Å². The van der Waals surface area contributed by atoms with Crippen molar-refractivity contribution in [2.24, 2.45) is 0 Å². The van der Waals surface area contributed by atoms with Crippen molar-refractivity contribution in [3.8, 4) is 17.2 Å². The number of furan rings is 1. The van der Waals surface area contributed by atoms with Crippen LogP contribution in [0.2, 0.25) is 0 Å². The lowest BCUT2D eigenvalue weighted by molar-refractivity contribution is 0.0589. The van der Waals surface area contributed by atoms with Gasteiger partial charge in [0, 0.05) is 17.7 Å². The maximum absolute atomic E-state index is 12.2. The number of oxazole rings is 1. The summed E-state index contributed by atoms with van der Waals surface area (Å²) in [5.74, 6) is 2.30. The molecule has 0 saturated carbocycles. The van der Waals surface area contributed by atoms with Gasteiger partial charge in [0.1, 0.15) is 28.7 Å². The molecular weight excluding hydrogens is 360 g/mol. The van der Waals surface area contributed by atoms with Crippen LogP contribution in [0.15, 0.2) is 45.2 Å². The van der Waals surface area contributed by atoms with Gasteiger partial charge in [0.05, 0.1) is 26.3 Å². The van der Waals surface area contributed by atoms with Crippen molar-refractivity contribution in [3.63, 3.8) is 0 Å². The lowest BCUT2D eigenvalue weighted by Gasteiger charge is -2.07. The highest BCUT2D eigenvalue weighted by atomic mass is 16.5. The molecule has 0 spiro atoms. The summed E-state index contributed by atoms with van der Waals surface area (Å²) >= 11 is 0. The van der Waals surface area contributed by atoms with Crippen molar-refractivity contribution < 1.29 is 23.1 Å². The summed E-state index contributed by atoms with van der Waals surface area (Å²) in [4.78, 5) is 16.8. The zero-order chi connectivity index (χ0) is 19.8. The molecule has 7 heteroatoms. The second kappa shape index (κ2) is 6.92. The Morgan fingerprint density at radius 1 is 1.11 bits per heavy atom. The molecule has 4 rings (SSSR count). The Bertz CT molecular complexity index is 1150. The molecule has 0 fully saturated rings. The lowest BCUT2D eigenvalue weighted by Crippen LogP contribution is -2.12. The largest absolute Gasteiger partial charge is 0.497 e. The molecule has 4 aromatic rings. The number of aryl methyl sites for hydroxylation is 2. The molecule has 0 unspecified atom stereocenters. The predicted octanol–water partition coefficient (Wildman–Crippen LogP) is 4.35. The zero-order valence-corrected chi connectivity index (χ0v) is 16.1. The van der Waals surface area contributed by atoms with E-state index in [-0.39, 0.29) is 0 Å². The first-order valence-corrected chi connectivity index (χ1v) is 8.79. The van der Waals surface area contributed by atoms with E-state index in [2.05, 4.69) is 4.98 Å². The molecule has 28 heavy (non-hydrogen) atoms. The highest BCUT2D eigenvalue weighted by molar-refractivity contribution is 5.94. The highest BCUT2D eigenvalue weighted by Gasteiger charge is 2.21. The third-order valence-electron chi connectivity index (χ3n) is 4.64. The summed E-state index contributed by atoms with van der Waals surface area (Å²) in [6.07, 6.45) is 0. The van der Waals surface area contributed by atoms with Crippen LogP contribution in [0.25, 0.3) is 22.6 Å². The van der Waals surface area contributed by atoms with Gasteiger partial charge >= 0.3 is 5.97 Å². The molecule has 0 aliphatic rings. The second-order valence-corrected chi connectivity index (χ2v) is 6.46. The number of ether oxygens (including phenoxy) is 2. The third kappa shape index (κ3) is 3.05. The number of fused-ring (bicyclic) bond motifs is 1. The van der Waals surface area contributed by atoms with E-state index in [0.717, 1.165) is 28.3 Å². The van der Waals surface area contributed by atoms with Crippen LogP contribution in [0.4, 0.5) is 0 Å². The summed E-state index contributed by atoms with van der Waals surface area (Å²) < 4.78 is 23.5. The maximum Gasteiger partial charge on any atom is 0.354 e. The Labute approximate surface area is 161 Å². The Balaban J connectivity index is 1.73. The van der Waals surface area contributed by atoms with Gasteiger partial charge in [-0.05, 0) is 38.1 Å². The Morgan fingerprint density at radius 3 is 2.54 bits per heavy atom. The number of rotatable bonds is 5. The fourth-order valence-electron chi connectivity index (χ4n) is 3.19. The number of hydrogen-bond acceptors (Lipinski definition) is 6. The summed E-state index contributed by atoms with van der Waals surface area (Å²) in [6, 6.07) is 11.1. The average molecular weight is 380 g/mol. The number of aromatic nitrogens is 2. The van der Waals surface area contributed by atoms with Crippen LogP contribution in [0.3, 0.4) is 0 Å². The number of benzene rings is 1. The van der Waals surface area contributed by atoms with Crippen LogP contribution in [0.5, 0.6) is 5.75 Å². The standard InChI is InChI=1S/C21H20N2O5/c1-12-9-17-19(27-12)10-18(21(24)26-4)23(17)11-16-13(2)28-20(22-16)14-5-7-15(25-3)8-6-14/h5-10H,11H2,1-4H3. The number of nitrogens with zero attached hydrogens (tertiary/aromatic N) is 2. The Morgan fingerprint density at radius 2 is 1.86 bits per heavy atom. The Hall–Kier alpha value is -3.48. The number of esters is 1. The van der Waals surface area contributed by atoms with Crippen molar-refractivity contribution in [3.05, 3.63) is 59.3 Å². The Kier molecular flexibility index (Phi) is 4.43. The van der Waals surface area contributed by atoms with Gasteiger partial charge in [-0.1, -0.05) is 0 Å². The van der Waals surface area contributed by atoms with Crippen LogP contribution in [0, 0.1) is 13.8 Å². The first kappa shape index (κ1) is 17.9. The number of carbonyl (C=O) groups is 1. The number of carbonyl (C=O) groups excluding carboxylic acids is 1. The van der Waals surface area contributed by atoms with Crippen LogP contribution in [0.1, 0.15) is 27.7 Å². The molecule has 0 bridgehead atoms. The van der Waals surface area contributed by atoms with Crippen molar-refractivity contribution in [2.75, 3.05) is 14.2 Å². The molecule has 1 aromatic carbocycles. The van der Waals surface area contributed by atoms with Gasteiger partial charge < -0.3 is 22.9 Å². The first-order valence-electron chi connectivity index (χ1n) is 8.79. The SMILES string of the molecule is COC(=O)c1cc2oc(C)cc2n1Cc1nc(-c2ccc(OC)cc2)oc1C. The molecule has 0 aliphatic carbocycles. The number of methoxy groups -OCH3 is 2. The molecule has 3 heterocycles. The molecule has 0 radical (unpaired) electrons. The topological polar surface area (TPSA) is 79.6 Å². The average Bonchev–Trinajstić information content (AvgIpc) is 3.35. The lowest BCUT2D eigenvalue weighted by atomic mass is 10.2. The first-order chi connectivity index (χ1) is 13.5. The van der Waals surface area contributed by atoms with E-state index in [1.54, 1.807) is 13.2 Å². The molecular formula is C21H20N2O5. The third-order valence-corrected chi connectivity index (χ3v) is 4.64. The molecule has 0 N–H and O–H groups in total. The molecule has 7 nitrogen and oxygen atoms in total. The summed E-state index contributed by atoms with van der Waals surface area (Å²) in [5.41, 5.74) is 3.43. The van der Waals surface area contributed by atoms with E-state index in [1.807, 2.05) is 48.7 Å². The van der Waals surface area contributed by atoms with Crippen LogP contribution < -0.4 is 4.74 Å². The van der Waals surface area contributed by atoms with Crippen molar-refractivity contribution >= 4 is 17.1 Å². The molecule has 0 amide bonds. The van der Waals surface area contributed by atoms with Gasteiger partial charge in [0.2, 0.25) is 5.89 Å². The normalized spacial score (nSPS) is 11.1. The smallest absolute Gasteiger partial charge is 0.354 e. The van der Waals surface area contributed by atoms with Gasteiger partial charge in [-0.15, -0.1) is 0 Å². The van der Waals surface area contributed by atoms with E-state index < -0.39 is 5.97 Å². The quantitative estimate of drug-likeness (QED) is 0.479. The molecule has 144 valence electrons. The zero-order valence-electron chi connectivity index (χ0n) is 16.1. The van der Waals surface area contributed by atoms with E-state index in [0.29, 0.717) is 29.5 Å². The van der Waals surface area contributed by atoms with Crippen LogP contribution >= 0.6 is 0 Å². The highest BCUT2D eigenvalue weighted by Crippen LogP contribution is 2.28. The van der Waals surface area contributed by atoms with Gasteiger partial charge in [-0.2, -0.15) is 0 Å². The van der Waals surface area contributed by atoms with E-state index in [9.17, 15) is 4.79 Å². The predicted molar refractivity (Wildman–Crippen MR) is 103 cm³/mol.